The summed E-state index contributed by atoms with van der Waals surface area (Å²) in [4.78, 5) is 11.0. The molecule has 1 aromatic heterocycles. The molecule has 0 unspecified atom stereocenters. The molecule has 1 N–H and O–H groups in total. The van der Waals surface area contributed by atoms with Crippen molar-refractivity contribution < 1.29 is 0 Å². The van der Waals surface area contributed by atoms with E-state index in [2.05, 4.69) is 34.0 Å². The molecule has 1 aliphatic carbocycles. The minimum Gasteiger partial charge on any atom is -0.341 e. The highest BCUT2D eigenvalue weighted by molar-refractivity contribution is 5.29. The highest BCUT2D eigenvalue weighted by Crippen LogP contribution is 2.34. The third-order valence-corrected chi connectivity index (χ3v) is 4.92. The summed E-state index contributed by atoms with van der Waals surface area (Å²) in [6, 6.07) is 3.33. The second-order valence-corrected chi connectivity index (χ2v) is 6.65. The average Bonchev–Trinajstić information content (AvgIpc) is 2.43. The van der Waals surface area contributed by atoms with Crippen molar-refractivity contribution in [2.24, 2.45) is 11.8 Å². The summed E-state index contributed by atoms with van der Waals surface area (Å²) >= 11 is 0. The van der Waals surface area contributed by atoms with Crippen LogP contribution in [0.25, 0.3) is 0 Å². The number of anilines is 1. The Morgan fingerprint density at radius 1 is 1.10 bits per heavy atom. The van der Waals surface area contributed by atoms with Crippen molar-refractivity contribution in [3.8, 4) is 0 Å². The maximum Gasteiger partial charge on any atom is 0.225 e. The van der Waals surface area contributed by atoms with E-state index in [1.165, 1.54) is 25.7 Å². The summed E-state index contributed by atoms with van der Waals surface area (Å²) in [6.45, 7) is 6.84. The van der Waals surface area contributed by atoms with Crippen molar-refractivity contribution >= 4 is 5.95 Å². The van der Waals surface area contributed by atoms with Crippen molar-refractivity contribution in [1.29, 1.82) is 0 Å². The molecule has 4 nitrogen and oxygen atoms in total. The molecule has 0 spiro atoms. The molecule has 20 heavy (non-hydrogen) atoms. The van der Waals surface area contributed by atoms with Gasteiger partial charge < -0.3 is 10.2 Å². The van der Waals surface area contributed by atoms with Crippen LogP contribution in [0.3, 0.4) is 0 Å². The van der Waals surface area contributed by atoms with Gasteiger partial charge in [-0.25, -0.2) is 9.97 Å². The minimum atomic E-state index is 0.688. The van der Waals surface area contributed by atoms with E-state index in [9.17, 15) is 0 Å². The number of nitrogens with zero attached hydrogens (tertiary/aromatic N) is 3. The highest BCUT2D eigenvalue weighted by Gasteiger charge is 2.33. The van der Waals surface area contributed by atoms with Crippen LogP contribution in [0.1, 0.15) is 39.5 Å². The lowest BCUT2D eigenvalue weighted by Crippen LogP contribution is -2.51. The molecule has 2 aliphatic rings. The van der Waals surface area contributed by atoms with E-state index in [0.717, 1.165) is 36.9 Å². The molecule has 0 aromatic carbocycles. The van der Waals surface area contributed by atoms with Crippen LogP contribution < -0.4 is 10.2 Å². The SMILES string of the molecule is CC(C)C1CC(NC2CCN(c3ncccn3)CC2)C1. The number of nitrogens with one attached hydrogen (secondary N) is 1. The Balaban J connectivity index is 1.41. The molecule has 0 bridgehead atoms. The van der Waals surface area contributed by atoms with Gasteiger partial charge in [-0.1, -0.05) is 13.8 Å². The summed E-state index contributed by atoms with van der Waals surface area (Å²) in [5.74, 6) is 2.69. The topological polar surface area (TPSA) is 41.0 Å². The second-order valence-electron chi connectivity index (χ2n) is 6.65. The number of piperidine rings is 1. The van der Waals surface area contributed by atoms with Crippen LogP contribution in [0.15, 0.2) is 18.5 Å². The van der Waals surface area contributed by atoms with Crippen LogP contribution in [-0.4, -0.2) is 35.1 Å². The van der Waals surface area contributed by atoms with Crippen molar-refractivity contribution in [3.05, 3.63) is 18.5 Å². The Hall–Kier alpha value is -1.16. The molecule has 110 valence electrons. The Bertz CT molecular complexity index is 406. The van der Waals surface area contributed by atoms with Crippen molar-refractivity contribution in [2.75, 3.05) is 18.0 Å². The molecular weight excluding hydrogens is 248 g/mol. The first-order valence-corrected chi connectivity index (χ1v) is 8.00. The van der Waals surface area contributed by atoms with Crippen LogP contribution in [-0.2, 0) is 0 Å². The first kappa shape index (κ1) is 13.8. The lowest BCUT2D eigenvalue weighted by Gasteiger charge is -2.42. The fourth-order valence-corrected chi connectivity index (χ4v) is 3.38. The van der Waals surface area contributed by atoms with Gasteiger partial charge in [0.1, 0.15) is 0 Å². The maximum atomic E-state index is 4.34. The molecule has 4 heteroatoms. The van der Waals surface area contributed by atoms with Crippen LogP contribution in [0.4, 0.5) is 5.95 Å². The number of aromatic nitrogens is 2. The zero-order valence-electron chi connectivity index (χ0n) is 12.6. The molecule has 2 fully saturated rings. The first-order chi connectivity index (χ1) is 9.72. The van der Waals surface area contributed by atoms with Crippen LogP contribution in [0, 0.1) is 11.8 Å². The molecular formula is C16H26N4. The number of hydrogen-bond acceptors (Lipinski definition) is 4. The molecule has 1 saturated carbocycles. The Morgan fingerprint density at radius 2 is 1.75 bits per heavy atom. The molecule has 2 heterocycles. The largest absolute Gasteiger partial charge is 0.341 e. The monoisotopic (exact) mass is 274 g/mol. The summed E-state index contributed by atoms with van der Waals surface area (Å²) in [5.41, 5.74) is 0. The van der Waals surface area contributed by atoms with Crippen molar-refractivity contribution in [2.45, 2.75) is 51.6 Å². The molecule has 1 saturated heterocycles. The standard InChI is InChI=1S/C16H26N4/c1-12(2)13-10-15(11-13)19-14-4-8-20(9-5-14)16-17-6-3-7-18-16/h3,6-7,12-15,19H,4-5,8-11H2,1-2H3. The zero-order chi connectivity index (χ0) is 13.9. The zero-order valence-corrected chi connectivity index (χ0v) is 12.6. The van der Waals surface area contributed by atoms with Gasteiger partial charge in [0.15, 0.2) is 0 Å². The summed E-state index contributed by atoms with van der Waals surface area (Å²) in [6.07, 6.45) is 8.82. The second kappa shape index (κ2) is 6.08. The van der Waals surface area contributed by atoms with E-state index in [4.69, 9.17) is 0 Å². The summed E-state index contributed by atoms with van der Waals surface area (Å²) < 4.78 is 0. The van der Waals surface area contributed by atoms with Crippen LogP contribution in [0.5, 0.6) is 0 Å². The van der Waals surface area contributed by atoms with Crippen LogP contribution >= 0.6 is 0 Å². The van der Waals surface area contributed by atoms with Gasteiger partial charge in [-0.2, -0.15) is 0 Å². The van der Waals surface area contributed by atoms with Gasteiger partial charge in [0.05, 0.1) is 0 Å². The van der Waals surface area contributed by atoms with Gasteiger partial charge in [0.25, 0.3) is 0 Å². The van der Waals surface area contributed by atoms with Gasteiger partial charge in [0.2, 0.25) is 5.95 Å². The van der Waals surface area contributed by atoms with Gasteiger partial charge in [-0.05, 0) is 43.6 Å². The third-order valence-electron chi connectivity index (χ3n) is 4.92. The lowest BCUT2D eigenvalue weighted by molar-refractivity contribution is 0.152. The van der Waals surface area contributed by atoms with E-state index >= 15 is 0 Å². The smallest absolute Gasteiger partial charge is 0.225 e. The fraction of sp³-hybridized carbons (Fsp3) is 0.750. The van der Waals surface area contributed by atoms with E-state index < -0.39 is 0 Å². The highest BCUT2D eigenvalue weighted by atomic mass is 15.3. The summed E-state index contributed by atoms with van der Waals surface area (Å²) in [7, 11) is 0. The van der Waals surface area contributed by atoms with E-state index in [1.807, 2.05) is 18.5 Å². The minimum absolute atomic E-state index is 0.688. The van der Waals surface area contributed by atoms with Crippen molar-refractivity contribution in [3.63, 3.8) is 0 Å². The molecule has 3 rings (SSSR count). The van der Waals surface area contributed by atoms with E-state index in [1.54, 1.807) is 0 Å². The van der Waals surface area contributed by atoms with Gasteiger partial charge in [-0.3, -0.25) is 0 Å². The van der Waals surface area contributed by atoms with Crippen molar-refractivity contribution in [1.82, 2.24) is 15.3 Å². The van der Waals surface area contributed by atoms with Gasteiger partial charge in [-0.15, -0.1) is 0 Å². The number of rotatable bonds is 4. The van der Waals surface area contributed by atoms with Gasteiger partial charge in [0, 0.05) is 37.6 Å². The van der Waals surface area contributed by atoms with Crippen LogP contribution in [0.2, 0.25) is 0 Å². The Kier molecular flexibility index (Phi) is 4.20. The first-order valence-electron chi connectivity index (χ1n) is 8.00. The molecule has 0 atom stereocenters. The Morgan fingerprint density at radius 3 is 2.35 bits per heavy atom. The quantitative estimate of drug-likeness (QED) is 0.916. The molecule has 1 aromatic rings. The average molecular weight is 274 g/mol. The molecule has 1 aliphatic heterocycles. The van der Waals surface area contributed by atoms with Gasteiger partial charge >= 0.3 is 0 Å². The normalized spacial score (nSPS) is 27.6. The van der Waals surface area contributed by atoms with E-state index in [-0.39, 0.29) is 0 Å². The number of hydrogen-bond donors (Lipinski definition) is 1. The Labute approximate surface area is 122 Å². The lowest BCUT2D eigenvalue weighted by atomic mass is 9.73. The fourth-order valence-electron chi connectivity index (χ4n) is 3.38. The predicted octanol–water partition coefficient (Wildman–Crippen LogP) is 2.47. The maximum absolute atomic E-state index is 4.34. The molecule has 0 radical (unpaired) electrons. The third kappa shape index (κ3) is 3.11. The molecule has 0 amide bonds. The predicted molar refractivity (Wildman–Crippen MR) is 81.8 cm³/mol. The summed E-state index contributed by atoms with van der Waals surface area (Å²) in [5, 5.41) is 3.84. The van der Waals surface area contributed by atoms with E-state index in [0.29, 0.717) is 6.04 Å².